The summed E-state index contributed by atoms with van der Waals surface area (Å²) in [5.41, 5.74) is -3.88. The number of alkyl halides is 3. The number of amides is 3. The Bertz CT molecular complexity index is 654. The van der Waals surface area contributed by atoms with Gasteiger partial charge in [0.1, 0.15) is 0 Å². The number of urea groups is 1. The number of piperidine rings is 1. The Labute approximate surface area is 153 Å². The predicted octanol–water partition coefficient (Wildman–Crippen LogP) is 3.82. The Morgan fingerprint density at radius 2 is 1.65 bits per heavy atom. The summed E-state index contributed by atoms with van der Waals surface area (Å²) >= 11 is -0.190. The second kappa shape index (κ2) is 7.77. The van der Waals surface area contributed by atoms with E-state index in [4.69, 9.17) is 0 Å². The molecule has 1 saturated heterocycles. The van der Waals surface area contributed by atoms with Crippen LogP contribution in [0.4, 0.5) is 23.7 Å². The van der Waals surface area contributed by atoms with Gasteiger partial charge in [0.25, 0.3) is 0 Å². The fourth-order valence-corrected chi connectivity index (χ4v) is 3.37. The van der Waals surface area contributed by atoms with Crippen LogP contribution >= 0.6 is 11.8 Å². The molecule has 1 aliphatic heterocycles. The zero-order valence-corrected chi connectivity index (χ0v) is 14.8. The van der Waals surface area contributed by atoms with Gasteiger partial charge in [-0.05, 0) is 61.7 Å². The first-order valence-electron chi connectivity index (χ1n) is 8.52. The maximum absolute atomic E-state index is 12.3. The number of thioether (sulfide) groups is 1. The van der Waals surface area contributed by atoms with Gasteiger partial charge in [-0.2, -0.15) is 13.2 Å². The first kappa shape index (κ1) is 18.9. The largest absolute Gasteiger partial charge is 0.446 e. The number of carbonyl (C=O) groups is 2. The maximum Gasteiger partial charge on any atom is 0.446 e. The number of nitrogens with one attached hydrogen (secondary N) is 2. The summed E-state index contributed by atoms with van der Waals surface area (Å²) in [5, 5.41) is 5.72. The van der Waals surface area contributed by atoms with E-state index < -0.39 is 5.51 Å². The van der Waals surface area contributed by atoms with Crippen LogP contribution in [0, 0.1) is 5.92 Å². The average molecular weight is 387 g/mol. The summed E-state index contributed by atoms with van der Waals surface area (Å²) in [4.78, 5) is 25.8. The van der Waals surface area contributed by atoms with Gasteiger partial charge in [0, 0.05) is 35.6 Å². The SMILES string of the molecule is O=C(NC1CCN(C(=O)Nc2ccc(SC(F)(F)F)cc2)CC1)C1CC1. The summed E-state index contributed by atoms with van der Waals surface area (Å²) in [6.07, 6.45) is 3.33. The first-order chi connectivity index (χ1) is 12.3. The van der Waals surface area contributed by atoms with E-state index in [1.807, 2.05) is 0 Å². The van der Waals surface area contributed by atoms with E-state index in [1.54, 1.807) is 4.90 Å². The maximum atomic E-state index is 12.3. The summed E-state index contributed by atoms with van der Waals surface area (Å²) < 4.78 is 36.9. The minimum atomic E-state index is -4.33. The minimum absolute atomic E-state index is 0.0720. The van der Waals surface area contributed by atoms with Gasteiger partial charge in [0.15, 0.2) is 0 Å². The van der Waals surface area contributed by atoms with Crippen molar-refractivity contribution in [1.82, 2.24) is 10.2 Å². The lowest BCUT2D eigenvalue weighted by atomic mass is 10.1. The molecule has 2 N–H and O–H groups in total. The number of benzene rings is 1. The Balaban J connectivity index is 1.44. The van der Waals surface area contributed by atoms with Crippen molar-refractivity contribution in [1.29, 1.82) is 0 Å². The summed E-state index contributed by atoms with van der Waals surface area (Å²) in [6.45, 7) is 1.06. The zero-order valence-electron chi connectivity index (χ0n) is 14.0. The van der Waals surface area contributed by atoms with Gasteiger partial charge in [-0.25, -0.2) is 4.79 Å². The smallest absolute Gasteiger partial charge is 0.353 e. The van der Waals surface area contributed by atoms with Gasteiger partial charge in [0.05, 0.1) is 0 Å². The van der Waals surface area contributed by atoms with Crippen LogP contribution in [0.15, 0.2) is 29.2 Å². The fraction of sp³-hybridized carbons (Fsp3) is 0.529. The predicted molar refractivity (Wildman–Crippen MR) is 92.8 cm³/mol. The van der Waals surface area contributed by atoms with E-state index in [-0.39, 0.29) is 40.6 Å². The van der Waals surface area contributed by atoms with E-state index in [1.165, 1.54) is 24.3 Å². The van der Waals surface area contributed by atoms with E-state index in [2.05, 4.69) is 10.6 Å². The number of halogens is 3. The molecule has 1 aromatic rings. The monoisotopic (exact) mass is 387 g/mol. The first-order valence-corrected chi connectivity index (χ1v) is 9.34. The molecule has 1 aliphatic carbocycles. The van der Waals surface area contributed by atoms with E-state index in [0.717, 1.165) is 12.8 Å². The number of anilines is 1. The van der Waals surface area contributed by atoms with Crippen molar-refractivity contribution in [3.63, 3.8) is 0 Å². The van der Waals surface area contributed by atoms with Crippen molar-refractivity contribution in [3.8, 4) is 0 Å². The van der Waals surface area contributed by atoms with Crippen molar-refractivity contribution in [2.45, 2.75) is 42.1 Å². The highest BCUT2D eigenvalue weighted by Crippen LogP contribution is 2.37. The topological polar surface area (TPSA) is 61.4 Å². The molecule has 9 heteroatoms. The number of rotatable bonds is 4. The highest BCUT2D eigenvalue weighted by molar-refractivity contribution is 8.00. The molecule has 26 heavy (non-hydrogen) atoms. The number of carbonyl (C=O) groups excluding carboxylic acids is 2. The molecular weight excluding hydrogens is 367 g/mol. The Morgan fingerprint density at radius 3 is 2.19 bits per heavy atom. The standard InChI is InChI=1S/C17H20F3N3O2S/c18-17(19,20)26-14-5-3-12(4-6-14)22-16(25)23-9-7-13(8-10-23)21-15(24)11-1-2-11/h3-6,11,13H,1-2,7-10H2,(H,21,24)(H,22,25). The van der Waals surface area contributed by atoms with Gasteiger partial charge in [0.2, 0.25) is 5.91 Å². The summed E-state index contributed by atoms with van der Waals surface area (Å²) in [6, 6.07) is 5.38. The molecule has 0 spiro atoms. The third kappa shape index (κ3) is 5.55. The molecule has 5 nitrogen and oxygen atoms in total. The summed E-state index contributed by atoms with van der Waals surface area (Å²) in [5.74, 6) is 0.291. The molecular formula is C17H20F3N3O2S. The van der Waals surface area contributed by atoms with E-state index in [9.17, 15) is 22.8 Å². The molecule has 0 bridgehead atoms. The van der Waals surface area contributed by atoms with Crippen molar-refractivity contribution < 1.29 is 22.8 Å². The minimum Gasteiger partial charge on any atom is -0.353 e. The van der Waals surface area contributed by atoms with Crippen LogP contribution in [0.2, 0.25) is 0 Å². The lowest BCUT2D eigenvalue weighted by molar-refractivity contribution is -0.123. The second-order valence-corrected chi connectivity index (χ2v) is 7.68. The molecule has 0 atom stereocenters. The quantitative estimate of drug-likeness (QED) is 0.772. The van der Waals surface area contributed by atoms with Crippen molar-refractivity contribution >= 4 is 29.4 Å². The Hall–Kier alpha value is -1.90. The summed E-state index contributed by atoms with van der Waals surface area (Å²) in [7, 11) is 0. The Morgan fingerprint density at radius 1 is 1.04 bits per heavy atom. The molecule has 1 saturated carbocycles. The average Bonchev–Trinajstić information content (AvgIpc) is 3.41. The Kier molecular flexibility index (Phi) is 5.64. The fourth-order valence-electron chi connectivity index (χ4n) is 2.83. The third-order valence-electron chi connectivity index (χ3n) is 4.42. The zero-order chi connectivity index (χ0) is 18.7. The van der Waals surface area contributed by atoms with E-state index >= 15 is 0 Å². The lowest BCUT2D eigenvalue weighted by Crippen LogP contribution is -2.48. The van der Waals surface area contributed by atoms with Crippen LogP contribution in [0.5, 0.6) is 0 Å². The number of nitrogens with zero attached hydrogens (tertiary/aromatic N) is 1. The molecule has 0 unspecified atom stereocenters. The van der Waals surface area contributed by atoms with Crippen LogP contribution < -0.4 is 10.6 Å². The van der Waals surface area contributed by atoms with Crippen LogP contribution in [0.1, 0.15) is 25.7 Å². The molecule has 0 aromatic heterocycles. The number of likely N-dealkylation sites (tertiary alicyclic amines) is 1. The molecule has 3 amide bonds. The highest BCUT2D eigenvalue weighted by atomic mass is 32.2. The molecule has 1 heterocycles. The molecule has 2 fully saturated rings. The van der Waals surface area contributed by atoms with Crippen LogP contribution in [0.25, 0.3) is 0 Å². The number of hydrogen-bond acceptors (Lipinski definition) is 3. The van der Waals surface area contributed by atoms with Crippen LogP contribution in [-0.2, 0) is 4.79 Å². The van der Waals surface area contributed by atoms with Gasteiger partial charge >= 0.3 is 11.5 Å². The van der Waals surface area contributed by atoms with Gasteiger partial charge < -0.3 is 15.5 Å². The van der Waals surface area contributed by atoms with Crippen molar-refractivity contribution in [2.75, 3.05) is 18.4 Å². The lowest BCUT2D eigenvalue weighted by Gasteiger charge is -2.32. The molecule has 0 radical (unpaired) electrons. The molecule has 142 valence electrons. The van der Waals surface area contributed by atoms with Gasteiger partial charge in [-0.15, -0.1) is 0 Å². The van der Waals surface area contributed by atoms with Crippen molar-refractivity contribution in [3.05, 3.63) is 24.3 Å². The molecule has 1 aromatic carbocycles. The van der Waals surface area contributed by atoms with Crippen molar-refractivity contribution in [2.24, 2.45) is 5.92 Å². The van der Waals surface area contributed by atoms with E-state index in [0.29, 0.717) is 31.6 Å². The van der Waals surface area contributed by atoms with Gasteiger partial charge in [-0.1, -0.05) is 0 Å². The normalized spacial score (nSPS) is 18.5. The second-order valence-electron chi connectivity index (χ2n) is 6.55. The number of hydrogen-bond donors (Lipinski definition) is 2. The molecule has 3 rings (SSSR count). The van der Waals surface area contributed by atoms with Crippen LogP contribution in [0.3, 0.4) is 0 Å². The third-order valence-corrected chi connectivity index (χ3v) is 5.16. The molecule has 2 aliphatic rings. The van der Waals surface area contributed by atoms with Gasteiger partial charge in [-0.3, -0.25) is 4.79 Å². The van der Waals surface area contributed by atoms with Crippen LogP contribution in [-0.4, -0.2) is 41.5 Å². The highest BCUT2D eigenvalue weighted by Gasteiger charge is 2.32.